The number of hydrogen-bond acceptors (Lipinski definition) is 3. The van der Waals surface area contributed by atoms with Crippen molar-refractivity contribution in [1.82, 2.24) is 20.1 Å². The maximum absolute atomic E-state index is 4.51. The van der Waals surface area contributed by atoms with E-state index in [0.717, 1.165) is 36.2 Å². The van der Waals surface area contributed by atoms with E-state index in [1.807, 2.05) is 35.3 Å². The van der Waals surface area contributed by atoms with Crippen LogP contribution in [0, 0.1) is 0 Å². The van der Waals surface area contributed by atoms with Crippen molar-refractivity contribution in [1.29, 1.82) is 0 Å². The molecule has 2 heterocycles. The summed E-state index contributed by atoms with van der Waals surface area (Å²) < 4.78 is 1.87. The topological polar surface area (TPSA) is 42.7 Å². The number of hydrogen-bond donors (Lipinski definition) is 1. The van der Waals surface area contributed by atoms with E-state index in [-0.39, 0.29) is 0 Å². The van der Waals surface area contributed by atoms with Gasteiger partial charge in [-0.05, 0) is 30.7 Å². The zero-order valence-corrected chi connectivity index (χ0v) is 11.6. The van der Waals surface area contributed by atoms with Crippen molar-refractivity contribution in [2.45, 2.75) is 19.9 Å². The Labute approximate surface area is 118 Å². The van der Waals surface area contributed by atoms with Gasteiger partial charge in [0, 0.05) is 18.1 Å². The van der Waals surface area contributed by atoms with Gasteiger partial charge in [0.15, 0.2) is 5.82 Å². The highest BCUT2D eigenvalue weighted by Gasteiger charge is 2.04. The molecule has 0 aliphatic rings. The Kier molecular flexibility index (Phi) is 3.74. The lowest BCUT2D eigenvalue weighted by Crippen LogP contribution is -2.14. The molecule has 0 aliphatic carbocycles. The molecule has 0 saturated heterocycles. The van der Waals surface area contributed by atoms with Crippen molar-refractivity contribution in [3.05, 3.63) is 54.4 Å². The van der Waals surface area contributed by atoms with Gasteiger partial charge in [0.1, 0.15) is 0 Å². The predicted molar refractivity (Wildman–Crippen MR) is 80.9 cm³/mol. The standard InChI is InChI=1S/C16H18N4/c1-2-9-17-10-13-7-8-16(18-11-13)20-15-6-4-3-5-14(15)12-19-20/h3-8,11-12,17H,2,9-10H2,1H3. The van der Waals surface area contributed by atoms with Gasteiger partial charge in [-0.25, -0.2) is 9.67 Å². The van der Waals surface area contributed by atoms with E-state index >= 15 is 0 Å². The van der Waals surface area contributed by atoms with E-state index in [4.69, 9.17) is 0 Å². The van der Waals surface area contributed by atoms with Crippen molar-refractivity contribution in [3.63, 3.8) is 0 Å². The van der Waals surface area contributed by atoms with Crippen molar-refractivity contribution in [2.75, 3.05) is 6.54 Å². The van der Waals surface area contributed by atoms with Crippen LogP contribution < -0.4 is 5.32 Å². The van der Waals surface area contributed by atoms with Crippen LogP contribution in [0.1, 0.15) is 18.9 Å². The van der Waals surface area contributed by atoms with Crippen LogP contribution in [-0.4, -0.2) is 21.3 Å². The summed E-state index contributed by atoms with van der Waals surface area (Å²) in [6, 6.07) is 12.3. The third kappa shape index (κ3) is 2.56. The highest BCUT2D eigenvalue weighted by Crippen LogP contribution is 2.16. The summed E-state index contributed by atoms with van der Waals surface area (Å²) in [5, 5.41) is 8.91. The van der Waals surface area contributed by atoms with Crippen LogP contribution in [-0.2, 0) is 6.54 Å². The van der Waals surface area contributed by atoms with Crippen molar-refractivity contribution >= 4 is 10.9 Å². The van der Waals surface area contributed by atoms with E-state index in [1.165, 1.54) is 5.56 Å². The van der Waals surface area contributed by atoms with Gasteiger partial charge in [0.25, 0.3) is 0 Å². The monoisotopic (exact) mass is 266 g/mol. The molecular weight excluding hydrogens is 248 g/mol. The van der Waals surface area contributed by atoms with Crippen LogP contribution in [0.3, 0.4) is 0 Å². The molecule has 0 saturated carbocycles. The average molecular weight is 266 g/mol. The Hall–Kier alpha value is -2.20. The van der Waals surface area contributed by atoms with Gasteiger partial charge in [0.05, 0.1) is 11.7 Å². The van der Waals surface area contributed by atoms with E-state index in [9.17, 15) is 0 Å². The minimum atomic E-state index is 0.852. The number of nitrogens with zero attached hydrogens (tertiary/aromatic N) is 3. The molecule has 3 rings (SSSR count). The van der Waals surface area contributed by atoms with Crippen LogP contribution in [0.5, 0.6) is 0 Å². The Morgan fingerprint density at radius 1 is 1.10 bits per heavy atom. The summed E-state index contributed by atoms with van der Waals surface area (Å²) in [7, 11) is 0. The molecule has 20 heavy (non-hydrogen) atoms. The van der Waals surface area contributed by atoms with E-state index in [1.54, 1.807) is 0 Å². The Morgan fingerprint density at radius 2 is 2.00 bits per heavy atom. The van der Waals surface area contributed by atoms with Crippen LogP contribution in [0.4, 0.5) is 0 Å². The third-order valence-electron chi connectivity index (χ3n) is 3.26. The fraction of sp³-hybridized carbons (Fsp3) is 0.250. The molecule has 1 N–H and O–H groups in total. The second kappa shape index (κ2) is 5.84. The minimum absolute atomic E-state index is 0.852. The highest BCUT2D eigenvalue weighted by molar-refractivity contribution is 5.79. The number of pyridine rings is 1. The minimum Gasteiger partial charge on any atom is -0.313 e. The Balaban J connectivity index is 1.84. The molecule has 0 unspecified atom stereocenters. The average Bonchev–Trinajstić information content (AvgIpc) is 2.92. The first-order valence-corrected chi connectivity index (χ1v) is 6.97. The van der Waals surface area contributed by atoms with Crippen LogP contribution in [0.25, 0.3) is 16.7 Å². The van der Waals surface area contributed by atoms with Gasteiger partial charge >= 0.3 is 0 Å². The highest BCUT2D eigenvalue weighted by atomic mass is 15.3. The summed E-state index contributed by atoms with van der Waals surface area (Å²) in [6.45, 7) is 4.06. The van der Waals surface area contributed by atoms with Gasteiger partial charge < -0.3 is 5.32 Å². The molecular formula is C16H18N4. The first-order chi connectivity index (χ1) is 9.88. The zero-order chi connectivity index (χ0) is 13.8. The maximum atomic E-state index is 4.51. The molecule has 1 aromatic carbocycles. The van der Waals surface area contributed by atoms with Crippen molar-refractivity contribution < 1.29 is 0 Å². The molecule has 102 valence electrons. The lowest BCUT2D eigenvalue weighted by atomic mass is 10.2. The number of aromatic nitrogens is 3. The fourth-order valence-corrected chi connectivity index (χ4v) is 2.21. The third-order valence-corrected chi connectivity index (χ3v) is 3.26. The molecule has 0 radical (unpaired) electrons. The van der Waals surface area contributed by atoms with Crippen LogP contribution in [0.15, 0.2) is 48.8 Å². The van der Waals surface area contributed by atoms with E-state index < -0.39 is 0 Å². The molecule has 4 nitrogen and oxygen atoms in total. The molecule has 0 spiro atoms. The van der Waals surface area contributed by atoms with Crippen molar-refractivity contribution in [2.24, 2.45) is 0 Å². The molecule has 0 aliphatic heterocycles. The van der Waals surface area contributed by atoms with E-state index in [2.05, 4.69) is 40.5 Å². The predicted octanol–water partition coefficient (Wildman–Crippen LogP) is 2.92. The largest absolute Gasteiger partial charge is 0.313 e. The van der Waals surface area contributed by atoms with Gasteiger partial charge in [-0.2, -0.15) is 5.10 Å². The number of nitrogens with one attached hydrogen (secondary N) is 1. The van der Waals surface area contributed by atoms with Crippen molar-refractivity contribution in [3.8, 4) is 5.82 Å². The number of para-hydroxylation sites is 1. The summed E-state index contributed by atoms with van der Waals surface area (Å²) in [4.78, 5) is 4.51. The summed E-state index contributed by atoms with van der Waals surface area (Å²) in [5.74, 6) is 0.852. The first-order valence-electron chi connectivity index (χ1n) is 6.97. The number of benzene rings is 1. The number of fused-ring (bicyclic) bond motifs is 1. The van der Waals surface area contributed by atoms with Gasteiger partial charge in [-0.1, -0.05) is 31.2 Å². The fourth-order valence-electron chi connectivity index (χ4n) is 2.21. The molecule has 0 amide bonds. The zero-order valence-electron chi connectivity index (χ0n) is 11.6. The first kappa shape index (κ1) is 12.8. The molecule has 0 atom stereocenters. The second-order valence-corrected chi connectivity index (χ2v) is 4.82. The SMILES string of the molecule is CCCNCc1ccc(-n2ncc3ccccc32)nc1. The van der Waals surface area contributed by atoms with Gasteiger partial charge in [-0.3, -0.25) is 0 Å². The quantitative estimate of drug-likeness (QED) is 0.722. The molecule has 3 aromatic rings. The Bertz CT molecular complexity index is 685. The maximum Gasteiger partial charge on any atom is 0.153 e. The molecule has 0 fully saturated rings. The molecule has 2 aromatic heterocycles. The second-order valence-electron chi connectivity index (χ2n) is 4.82. The smallest absolute Gasteiger partial charge is 0.153 e. The Morgan fingerprint density at radius 3 is 2.80 bits per heavy atom. The summed E-state index contributed by atoms with van der Waals surface area (Å²) in [5.41, 5.74) is 2.27. The summed E-state index contributed by atoms with van der Waals surface area (Å²) >= 11 is 0. The lowest BCUT2D eigenvalue weighted by molar-refractivity contribution is 0.673. The van der Waals surface area contributed by atoms with Crippen LogP contribution >= 0.6 is 0 Å². The van der Waals surface area contributed by atoms with Gasteiger partial charge in [0.2, 0.25) is 0 Å². The number of rotatable bonds is 5. The lowest BCUT2D eigenvalue weighted by Gasteiger charge is -2.05. The summed E-state index contributed by atoms with van der Waals surface area (Å²) in [6.07, 6.45) is 4.92. The molecule has 4 heteroatoms. The normalized spacial score (nSPS) is 11.1. The van der Waals surface area contributed by atoms with Gasteiger partial charge in [-0.15, -0.1) is 0 Å². The molecule has 0 bridgehead atoms. The van der Waals surface area contributed by atoms with Crippen LogP contribution in [0.2, 0.25) is 0 Å². The van der Waals surface area contributed by atoms with E-state index in [0.29, 0.717) is 0 Å².